The van der Waals surface area contributed by atoms with Gasteiger partial charge in [0.1, 0.15) is 0 Å². The third kappa shape index (κ3) is 4.24. The molecule has 0 radical (unpaired) electrons. The average molecular weight is 483 g/mol. The molecule has 29 heavy (non-hydrogen) atoms. The Hall–Kier alpha value is -2.54. The van der Waals surface area contributed by atoms with Crippen molar-refractivity contribution in [3.63, 3.8) is 0 Å². The van der Waals surface area contributed by atoms with Crippen LogP contribution in [-0.4, -0.2) is 55.1 Å². The summed E-state index contributed by atoms with van der Waals surface area (Å²) in [6.07, 6.45) is 0. The van der Waals surface area contributed by atoms with E-state index in [2.05, 4.69) is 31.4 Å². The zero-order valence-electron chi connectivity index (χ0n) is 14.9. The van der Waals surface area contributed by atoms with Gasteiger partial charge in [-0.15, -0.1) is 5.10 Å². The Bertz CT molecular complexity index is 1120. The summed E-state index contributed by atoms with van der Waals surface area (Å²) in [5, 5.41) is 10.0. The Morgan fingerprint density at radius 2 is 1.76 bits per heavy atom. The smallest absolute Gasteiger partial charge is 0.322 e. The molecule has 12 heteroatoms. The Balaban J connectivity index is 1.45. The first-order valence-electron chi connectivity index (χ1n) is 8.52. The number of carbonyl (C=O) groups is 1. The number of carbonyl (C=O) groups excluding carboxylic acids is 1. The Kier molecular flexibility index (Phi) is 5.50. The molecule has 0 atom stereocenters. The van der Waals surface area contributed by atoms with E-state index >= 15 is 0 Å². The van der Waals surface area contributed by atoms with E-state index in [9.17, 15) is 13.2 Å². The molecule has 3 heterocycles. The maximum atomic E-state index is 12.6. The molecule has 1 aliphatic heterocycles. The number of sulfonamides is 1. The second-order valence-electron chi connectivity index (χ2n) is 6.01. The van der Waals surface area contributed by atoms with Gasteiger partial charge in [0.25, 0.3) is 11.8 Å². The molecular weight excluding hydrogens is 468 g/mol. The van der Waals surface area contributed by atoms with Crippen LogP contribution in [0.15, 0.2) is 54.8 Å². The Labute approximate surface area is 174 Å². The molecule has 1 aromatic carbocycles. The van der Waals surface area contributed by atoms with Gasteiger partial charge in [0.05, 0.1) is 18.1 Å². The van der Waals surface area contributed by atoms with Crippen LogP contribution in [-0.2, 0) is 14.8 Å². The first-order valence-corrected chi connectivity index (χ1v) is 10.8. The summed E-state index contributed by atoms with van der Waals surface area (Å²) in [5.74, 6) is -0.0587. The first-order chi connectivity index (χ1) is 13.9. The van der Waals surface area contributed by atoms with Crippen LogP contribution >= 0.6 is 15.9 Å². The predicted molar refractivity (Wildman–Crippen MR) is 104 cm³/mol. The van der Waals surface area contributed by atoms with E-state index in [0.717, 1.165) is 0 Å². The third-order valence-corrected chi connectivity index (χ3v) is 6.49. The molecule has 0 bridgehead atoms. The SMILES string of the molecule is O=C(Nc1nnc(-c2ccc(Br)o2)o1)c1ccc(S(=O)(=O)N2CCOCC2)cc1. The van der Waals surface area contributed by atoms with Crippen LogP contribution in [0.1, 0.15) is 10.4 Å². The molecule has 3 aromatic rings. The van der Waals surface area contributed by atoms with E-state index < -0.39 is 15.9 Å². The number of anilines is 1. The van der Waals surface area contributed by atoms with Crippen molar-refractivity contribution < 1.29 is 26.8 Å². The number of nitrogens with zero attached hydrogens (tertiary/aromatic N) is 3. The van der Waals surface area contributed by atoms with Crippen molar-refractivity contribution in [2.75, 3.05) is 31.6 Å². The zero-order chi connectivity index (χ0) is 20.4. The summed E-state index contributed by atoms with van der Waals surface area (Å²) in [7, 11) is -3.62. The molecule has 4 rings (SSSR count). The van der Waals surface area contributed by atoms with Gasteiger partial charge < -0.3 is 13.6 Å². The van der Waals surface area contributed by atoms with E-state index in [1.165, 1.54) is 28.6 Å². The van der Waals surface area contributed by atoms with Crippen molar-refractivity contribution in [1.82, 2.24) is 14.5 Å². The van der Waals surface area contributed by atoms with Crippen LogP contribution in [0, 0.1) is 0 Å². The number of hydrogen-bond donors (Lipinski definition) is 1. The normalized spacial score (nSPS) is 15.3. The van der Waals surface area contributed by atoms with Crippen molar-refractivity contribution >= 4 is 37.9 Å². The van der Waals surface area contributed by atoms with Gasteiger partial charge in [0.15, 0.2) is 10.4 Å². The molecule has 2 aromatic heterocycles. The topological polar surface area (TPSA) is 128 Å². The summed E-state index contributed by atoms with van der Waals surface area (Å²) < 4.78 is 42.9. The van der Waals surface area contributed by atoms with Gasteiger partial charge in [-0.2, -0.15) is 4.31 Å². The average Bonchev–Trinajstić information content (AvgIpc) is 3.37. The number of rotatable bonds is 5. The molecular formula is C17H15BrN4O6S. The fraction of sp³-hybridized carbons (Fsp3) is 0.235. The summed E-state index contributed by atoms with van der Waals surface area (Å²) >= 11 is 3.17. The summed E-state index contributed by atoms with van der Waals surface area (Å²) in [6, 6.07) is 8.81. The standard InChI is InChI=1S/C17H15BrN4O6S/c18-14-6-5-13(27-14)16-20-21-17(28-16)19-15(23)11-1-3-12(4-2-11)29(24,25)22-7-9-26-10-8-22/h1-6H,7-10H2,(H,19,21,23). The van der Waals surface area contributed by atoms with Crippen molar-refractivity contribution in [1.29, 1.82) is 0 Å². The molecule has 10 nitrogen and oxygen atoms in total. The largest absolute Gasteiger partial charge is 0.444 e. The van der Waals surface area contributed by atoms with Gasteiger partial charge in [0.2, 0.25) is 10.0 Å². The van der Waals surface area contributed by atoms with Gasteiger partial charge >= 0.3 is 6.01 Å². The Morgan fingerprint density at radius 1 is 1.03 bits per heavy atom. The van der Waals surface area contributed by atoms with Gasteiger partial charge in [-0.25, -0.2) is 8.42 Å². The lowest BCUT2D eigenvalue weighted by Gasteiger charge is -2.26. The predicted octanol–water partition coefficient (Wildman–Crippen LogP) is 2.37. The van der Waals surface area contributed by atoms with E-state index in [1.54, 1.807) is 12.1 Å². The number of ether oxygens (including phenoxy) is 1. The number of benzene rings is 1. The first kappa shape index (κ1) is 19.8. The number of furan rings is 1. The van der Waals surface area contributed by atoms with E-state index in [0.29, 0.717) is 36.7 Å². The molecule has 1 amide bonds. The quantitative estimate of drug-likeness (QED) is 0.586. The van der Waals surface area contributed by atoms with Gasteiger partial charge in [-0.3, -0.25) is 10.1 Å². The summed E-state index contributed by atoms with van der Waals surface area (Å²) in [4.78, 5) is 12.5. The lowest BCUT2D eigenvalue weighted by molar-refractivity contribution is 0.0730. The second-order valence-corrected chi connectivity index (χ2v) is 8.73. The van der Waals surface area contributed by atoms with Crippen molar-refractivity contribution in [2.45, 2.75) is 4.90 Å². The number of aromatic nitrogens is 2. The van der Waals surface area contributed by atoms with Gasteiger partial charge in [-0.1, -0.05) is 5.10 Å². The summed E-state index contributed by atoms with van der Waals surface area (Å²) in [6.45, 7) is 1.33. The number of nitrogens with one attached hydrogen (secondary N) is 1. The van der Waals surface area contributed by atoms with Crippen molar-refractivity contribution in [3.05, 3.63) is 46.6 Å². The minimum Gasteiger partial charge on any atom is -0.444 e. The zero-order valence-corrected chi connectivity index (χ0v) is 17.3. The molecule has 0 saturated carbocycles. The van der Waals surface area contributed by atoms with Crippen molar-refractivity contribution in [2.24, 2.45) is 0 Å². The van der Waals surface area contributed by atoms with E-state index in [-0.39, 0.29) is 22.4 Å². The highest BCUT2D eigenvalue weighted by Crippen LogP contribution is 2.25. The molecule has 1 N–H and O–H groups in total. The summed E-state index contributed by atoms with van der Waals surface area (Å²) in [5.41, 5.74) is 0.242. The fourth-order valence-electron chi connectivity index (χ4n) is 2.69. The molecule has 1 fully saturated rings. The maximum absolute atomic E-state index is 12.6. The van der Waals surface area contributed by atoms with Crippen molar-refractivity contribution in [3.8, 4) is 11.7 Å². The lowest BCUT2D eigenvalue weighted by Crippen LogP contribution is -2.40. The molecule has 1 aliphatic rings. The molecule has 0 unspecified atom stereocenters. The van der Waals surface area contributed by atoms with Crippen LogP contribution in [0.5, 0.6) is 0 Å². The van der Waals surface area contributed by atoms with Crippen LogP contribution in [0.3, 0.4) is 0 Å². The molecule has 0 aliphatic carbocycles. The minimum absolute atomic E-state index is 0.109. The minimum atomic E-state index is -3.62. The third-order valence-electron chi connectivity index (χ3n) is 4.15. The van der Waals surface area contributed by atoms with Gasteiger partial charge in [0, 0.05) is 18.7 Å². The maximum Gasteiger partial charge on any atom is 0.322 e. The highest BCUT2D eigenvalue weighted by atomic mass is 79.9. The van der Waals surface area contributed by atoms with Crippen LogP contribution in [0.4, 0.5) is 6.01 Å². The fourth-order valence-corrected chi connectivity index (χ4v) is 4.40. The Morgan fingerprint density at radius 3 is 2.41 bits per heavy atom. The van der Waals surface area contributed by atoms with Crippen LogP contribution < -0.4 is 5.32 Å². The molecule has 1 saturated heterocycles. The van der Waals surface area contributed by atoms with Gasteiger partial charge in [-0.05, 0) is 52.3 Å². The monoisotopic (exact) mass is 482 g/mol. The number of amides is 1. The van der Waals surface area contributed by atoms with Crippen LogP contribution in [0.25, 0.3) is 11.7 Å². The molecule has 152 valence electrons. The van der Waals surface area contributed by atoms with E-state index in [1.807, 2.05) is 0 Å². The highest BCUT2D eigenvalue weighted by molar-refractivity contribution is 9.10. The van der Waals surface area contributed by atoms with E-state index in [4.69, 9.17) is 13.6 Å². The highest BCUT2D eigenvalue weighted by Gasteiger charge is 2.26. The van der Waals surface area contributed by atoms with Crippen LogP contribution in [0.2, 0.25) is 0 Å². The number of halogens is 1. The second kappa shape index (κ2) is 8.06. The number of hydrogen-bond acceptors (Lipinski definition) is 8. The molecule has 0 spiro atoms. The number of morpholine rings is 1. The lowest BCUT2D eigenvalue weighted by atomic mass is 10.2.